The van der Waals surface area contributed by atoms with Crippen LogP contribution in [0, 0.1) is 0 Å². The van der Waals surface area contributed by atoms with E-state index in [0.29, 0.717) is 5.75 Å². The summed E-state index contributed by atoms with van der Waals surface area (Å²) in [6.45, 7) is 0. The quantitative estimate of drug-likeness (QED) is 0.416. The lowest BCUT2D eigenvalue weighted by Gasteiger charge is -2.16. The van der Waals surface area contributed by atoms with E-state index in [4.69, 9.17) is 0 Å². The minimum atomic E-state index is 0.296. The highest BCUT2D eigenvalue weighted by atomic mass is 79.9. The number of fused-ring (bicyclic) bond motifs is 1. The molecule has 1 N–H and O–H groups in total. The molecular weight excluding hydrogens is 360 g/mol. The summed E-state index contributed by atoms with van der Waals surface area (Å²) >= 11 is 3.50. The second kappa shape index (κ2) is 6.14. The fraction of sp³-hybridized carbons (Fsp3) is 0. The minimum Gasteiger partial charge on any atom is -0.507 e. The number of phenolic OH excluding ortho intramolecular Hbond substituents is 1. The Kier molecular flexibility index (Phi) is 3.83. The van der Waals surface area contributed by atoms with Crippen molar-refractivity contribution in [2.45, 2.75) is 0 Å². The zero-order valence-electron chi connectivity index (χ0n) is 12.9. The summed E-state index contributed by atoms with van der Waals surface area (Å²) < 4.78 is 0.955. The average Bonchev–Trinajstić information content (AvgIpc) is 2.63. The third-order valence-corrected chi connectivity index (χ3v) is 4.72. The van der Waals surface area contributed by atoms with Crippen LogP contribution in [0.5, 0.6) is 5.75 Å². The van der Waals surface area contributed by atoms with E-state index in [1.807, 2.05) is 54.6 Å². The van der Waals surface area contributed by atoms with Crippen molar-refractivity contribution in [2.75, 3.05) is 0 Å². The number of aromatic hydroxyl groups is 1. The zero-order valence-corrected chi connectivity index (χ0v) is 14.5. The van der Waals surface area contributed by atoms with Gasteiger partial charge in [0.1, 0.15) is 5.75 Å². The molecule has 24 heavy (non-hydrogen) atoms. The van der Waals surface area contributed by atoms with Gasteiger partial charge in [0.25, 0.3) is 0 Å². The van der Waals surface area contributed by atoms with Gasteiger partial charge in [-0.05, 0) is 45.8 Å². The van der Waals surface area contributed by atoms with Gasteiger partial charge in [-0.25, -0.2) is 0 Å². The summed E-state index contributed by atoms with van der Waals surface area (Å²) in [7, 11) is 0. The Morgan fingerprint density at radius 2 is 1.25 bits per heavy atom. The molecule has 0 atom stereocenters. The SMILES string of the molecule is Oc1cc(-c2ccccc2)c(-c2ccccc2)c2ccc(Br)cc12. The molecule has 4 rings (SSSR count). The van der Waals surface area contributed by atoms with Crippen molar-refractivity contribution in [3.63, 3.8) is 0 Å². The lowest BCUT2D eigenvalue weighted by molar-refractivity contribution is 0.482. The van der Waals surface area contributed by atoms with Crippen molar-refractivity contribution in [3.8, 4) is 28.0 Å². The molecule has 0 radical (unpaired) electrons. The summed E-state index contributed by atoms with van der Waals surface area (Å²) in [5, 5.41) is 12.5. The first-order chi connectivity index (χ1) is 11.7. The minimum absolute atomic E-state index is 0.296. The van der Waals surface area contributed by atoms with Crippen LogP contribution in [0.25, 0.3) is 33.0 Å². The standard InChI is InChI=1S/C22H15BrO/c23-17-11-12-18-20(13-17)21(24)14-19(15-7-3-1-4-8-15)22(18)16-9-5-2-6-10-16/h1-14,24H. The molecule has 1 nitrogen and oxygen atoms in total. The van der Waals surface area contributed by atoms with Crippen LogP contribution in [0.1, 0.15) is 0 Å². The van der Waals surface area contributed by atoms with Gasteiger partial charge in [-0.3, -0.25) is 0 Å². The van der Waals surface area contributed by atoms with Crippen LogP contribution < -0.4 is 0 Å². The summed E-state index contributed by atoms with van der Waals surface area (Å²) in [5.41, 5.74) is 4.41. The summed E-state index contributed by atoms with van der Waals surface area (Å²) in [6, 6.07) is 28.4. The predicted molar refractivity (Wildman–Crippen MR) is 104 cm³/mol. The first-order valence-corrected chi connectivity index (χ1v) is 8.59. The van der Waals surface area contributed by atoms with Crippen molar-refractivity contribution in [2.24, 2.45) is 0 Å². The lowest BCUT2D eigenvalue weighted by atomic mass is 9.89. The molecule has 0 fully saturated rings. The average molecular weight is 375 g/mol. The summed E-state index contributed by atoms with van der Waals surface area (Å²) in [5.74, 6) is 0.296. The maximum absolute atomic E-state index is 10.6. The van der Waals surface area contributed by atoms with E-state index < -0.39 is 0 Å². The predicted octanol–water partition coefficient (Wildman–Crippen LogP) is 6.64. The maximum atomic E-state index is 10.6. The summed E-state index contributed by atoms with van der Waals surface area (Å²) in [6.07, 6.45) is 0. The third-order valence-electron chi connectivity index (χ3n) is 4.22. The Labute approximate surface area is 149 Å². The van der Waals surface area contributed by atoms with Crippen molar-refractivity contribution in [1.82, 2.24) is 0 Å². The Hall–Kier alpha value is -2.58. The maximum Gasteiger partial charge on any atom is 0.124 e. The summed E-state index contributed by atoms with van der Waals surface area (Å²) in [4.78, 5) is 0. The fourth-order valence-corrected chi connectivity index (χ4v) is 3.50. The van der Waals surface area contributed by atoms with Gasteiger partial charge in [-0.15, -0.1) is 0 Å². The van der Waals surface area contributed by atoms with Gasteiger partial charge in [0.2, 0.25) is 0 Å². The lowest BCUT2D eigenvalue weighted by Crippen LogP contribution is -1.89. The van der Waals surface area contributed by atoms with Crippen LogP contribution in [0.2, 0.25) is 0 Å². The van der Waals surface area contributed by atoms with Crippen LogP contribution in [-0.2, 0) is 0 Å². The molecule has 0 heterocycles. The molecule has 0 aliphatic heterocycles. The molecule has 0 saturated heterocycles. The van der Waals surface area contributed by atoms with Crippen LogP contribution in [0.4, 0.5) is 0 Å². The Morgan fingerprint density at radius 3 is 1.92 bits per heavy atom. The van der Waals surface area contributed by atoms with Crippen LogP contribution in [0.15, 0.2) is 89.4 Å². The Balaban J connectivity index is 2.14. The first kappa shape index (κ1) is 15.0. The van der Waals surface area contributed by atoms with E-state index in [1.165, 1.54) is 0 Å². The van der Waals surface area contributed by atoms with Gasteiger partial charge in [-0.2, -0.15) is 0 Å². The topological polar surface area (TPSA) is 20.2 Å². The monoisotopic (exact) mass is 374 g/mol. The number of benzene rings is 4. The fourth-order valence-electron chi connectivity index (χ4n) is 3.14. The molecule has 116 valence electrons. The molecule has 0 saturated carbocycles. The highest BCUT2D eigenvalue weighted by molar-refractivity contribution is 9.10. The molecule has 0 amide bonds. The molecular formula is C22H15BrO. The van der Waals surface area contributed by atoms with Crippen LogP contribution in [-0.4, -0.2) is 5.11 Å². The van der Waals surface area contributed by atoms with Crippen molar-refractivity contribution in [1.29, 1.82) is 0 Å². The Morgan fingerprint density at radius 1 is 0.625 bits per heavy atom. The number of halogens is 1. The van der Waals surface area contributed by atoms with Gasteiger partial charge in [-0.1, -0.05) is 82.7 Å². The van der Waals surface area contributed by atoms with E-state index >= 15 is 0 Å². The second-order valence-electron chi connectivity index (χ2n) is 5.74. The normalized spacial score (nSPS) is 10.9. The molecule has 2 heteroatoms. The first-order valence-electron chi connectivity index (χ1n) is 7.80. The number of hydrogen-bond acceptors (Lipinski definition) is 1. The smallest absolute Gasteiger partial charge is 0.124 e. The van der Waals surface area contributed by atoms with Gasteiger partial charge in [0.05, 0.1) is 0 Å². The van der Waals surface area contributed by atoms with E-state index in [-0.39, 0.29) is 0 Å². The molecule has 4 aromatic rings. The van der Waals surface area contributed by atoms with Crippen molar-refractivity contribution in [3.05, 3.63) is 89.4 Å². The van der Waals surface area contributed by atoms with E-state index in [1.54, 1.807) is 0 Å². The molecule has 0 aliphatic rings. The van der Waals surface area contributed by atoms with Crippen LogP contribution in [0.3, 0.4) is 0 Å². The third kappa shape index (κ3) is 2.59. The molecule has 0 bridgehead atoms. The van der Waals surface area contributed by atoms with Gasteiger partial charge in [0, 0.05) is 9.86 Å². The van der Waals surface area contributed by atoms with Gasteiger partial charge >= 0.3 is 0 Å². The zero-order chi connectivity index (χ0) is 16.5. The highest BCUT2D eigenvalue weighted by Crippen LogP contribution is 2.42. The molecule has 0 aromatic heterocycles. The number of hydrogen-bond donors (Lipinski definition) is 1. The van der Waals surface area contributed by atoms with Crippen LogP contribution >= 0.6 is 15.9 Å². The van der Waals surface area contributed by atoms with Crippen molar-refractivity contribution >= 4 is 26.7 Å². The second-order valence-corrected chi connectivity index (χ2v) is 6.66. The largest absolute Gasteiger partial charge is 0.507 e. The molecule has 0 spiro atoms. The van der Waals surface area contributed by atoms with Crippen molar-refractivity contribution < 1.29 is 5.11 Å². The molecule has 4 aromatic carbocycles. The molecule has 0 aliphatic carbocycles. The Bertz CT molecular complexity index is 1010. The van der Waals surface area contributed by atoms with Gasteiger partial charge < -0.3 is 5.11 Å². The highest BCUT2D eigenvalue weighted by Gasteiger charge is 2.15. The van der Waals surface area contributed by atoms with E-state index in [2.05, 4.69) is 46.3 Å². The molecule has 0 unspecified atom stereocenters. The van der Waals surface area contributed by atoms with Gasteiger partial charge in [0.15, 0.2) is 0 Å². The number of phenols is 1. The van der Waals surface area contributed by atoms with E-state index in [0.717, 1.165) is 37.5 Å². The van der Waals surface area contributed by atoms with E-state index in [9.17, 15) is 5.11 Å². The number of rotatable bonds is 2.